The zero-order valence-corrected chi connectivity index (χ0v) is 10.6. The van der Waals surface area contributed by atoms with Gasteiger partial charge in [-0.1, -0.05) is 56.5 Å². The van der Waals surface area contributed by atoms with E-state index in [2.05, 4.69) is 6.92 Å². The van der Waals surface area contributed by atoms with Gasteiger partial charge in [-0.15, -0.1) is 0 Å². The van der Waals surface area contributed by atoms with E-state index in [9.17, 15) is 0 Å². The van der Waals surface area contributed by atoms with Crippen molar-refractivity contribution in [3.63, 3.8) is 0 Å². The molecule has 2 N–H and O–H groups in total. The zero-order chi connectivity index (χ0) is 12.1. The second kappa shape index (κ2) is 5.85. The predicted octanol–water partition coefficient (Wildman–Crippen LogP) is 3.36. The van der Waals surface area contributed by atoms with E-state index in [0.717, 1.165) is 5.56 Å². The van der Waals surface area contributed by atoms with E-state index < -0.39 is 0 Å². The highest BCUT2D eigenvalue weighted by atomic mass is 14.9. The minimum Gasteiger partial charge on any atom is -0.383 e. The van der Waals surface area contributed by atoms with E-state index in [1.807, 2.05) is 30.3 Å². The average molecular weight is 230 g/mol. The Balaban J connectivity index is 2.11. The lowest BCUT2D eigenvalue weighted by atomic mass is 9.97. The van der Waals surface area contributed by atoms with Crippen LogP contribution in [0.4, 0.5) is 0 Å². The maximum atomic E-state index is 6.09. The van der Waals surface area contributed by atoms with Gasteiger partial charge in [0.2, 0.25) is 0 Å². The van der Waals surface area contributed by atoms with E-state index in [1.165, 1.54) is 32.1 Å². The molecule has 2 rings (SSSR count). The van der Waals surface area contributed by atoms with Crippen molar-refractivity contribution in [3.8, 4) is 0 Å². The van der Waals surface area contributed by atoms with E-state index in [-0.39, 0.29) is 0 Å². The molecule has 0 aromatic heterocycles. The minimum absolute atomic E-state index is 0.415. The highest BCUT2D eigenvalue weighted by Crippen LogP contribution is 2.25. The van der Waals surface area contributed by atoms with Crippen LogP contribution in [0.5, 0.6) is 0 Å². The Labute approximate surface area is 104 Å². The fraction of sp³-hybridized carbons (Fsp3) is 0.533. The summed E-state index contributed by atoms with van der Waals surface area (Å²) in [6, 6.07) is 10.5. The molecule has 0 aliphatic heterocycles. The quantitative estimate of drug-likeness (QED) is 0.472. The summed E-state index contributed by atoms with van der Waals surface area (Å²) in [5, 5.41) is 0. The summed E-state index contributed by atoms with van der Waals surface area (Å²) in [4.78, 5) is 4.74. The van der Waals surface area contributed by atoms with Crippen LogP contribution in [0.2, 0.25) is 0 Å². The molecule has 2 heteroatoms. The number of rotatable bonds is 2. The molecule has 1 aliphatic rings. The van der Waals surface area contributed by atoms with Gasteiger partial charge in [0.1, 0.15) is 5.84 Å². The third-order valence-electron chi connectivity index (χ3n) is 3.69. The molecule has 0 spiro atoms. The van der Waals surface area contributed by atoms with Crippen molar-refractivity contribution in [2.75, 3.05) is 0 Å². The molecule has 0 saturated heterocycles. The summed E-state index contributed by atoms with van der Waals surface area (Å²) in [6.45, 7) is 2.30. The van der Waals surface area contributed by atoms with Crippen LogP contribution in [0.3, 0.4) is 0 Å². The Morgan fingerprint density at radius 3 is 2.59 bits per heavy atom. The molecule has 2 atom stereocenters. The maximum absolute atomic E-state index is 6.09. The van der Waals surface area contributed by atoms with Crippen molar-refractivity contribution in [2.24, 2.45) is 16.6 Å². The summed E-state index contributed by atoms with van der Waals surface area (Å²) in [7, 11) is 0. The SMILES string of the molecule is CC1CCCCCC1N=C(N)c1ccccc1. The lowest BCUT2D eigenvalue weighted by Crippen LogP contribution is -2.21. The van der Waals surface area contributed by atoms with Crippen molar-refractivity contribution < 1.29 is 0 Å². The van der Waals surface area contributed by atoms with Crippen LogP contribution in [-0.2, 0) is 0 Å². The van der Waals surface area contributed by atoms with Gasteiger partial charge in [-0.3, -0.25) is 4.99 Å². The van der Waals surface area contributed by atoms with Crippen LogP contribution < -0.4 is 5.73 Å². The monoisotopic (exact) mass is 230 g/mol. The molecule has 0 bridgehead atoms. The molecule has 17 heavy (non-hydrogen) atoms. The van der Waals surface area contributed by atoms with Gasteiger partial charge in [0, 0.05) is 5.56 Å². The van der Waals surface area contributed by atoms with Crippen LogP contribution in [-0.4, -0.2) is 11.9 Å². The lowest BCUT2D eigenvalue weighted by molar-refractivity contribution is 0.434. The normalized spacial score (nSPS) is 26.5. The van der Waals surface area contributed by atoms with Gasteiger partial charge >= 0.3 is 0 Å². The standard InChI is InChI=1S/C15H22N2/c1-12-8-4-2-7-11-14(12)17-15(16)13-9-5-3-6-10-13/h3,5-6,9-10,12,14H,2,4,7-8,11H2,1H3,(H2,16,17). The Morgan fingerprint density at radius 1 is 1.12 bits per heavy atom. The van der Waals surface area contributed by atoms with E-state index in [1.54, 1.807) is 0 Å². The molecule has 1 fully saturated rings. The van der Waals surface area contributed by atoms with Gasteiger partial charge in [0.05, 0.1) is 6.04 Å². The zero-order valence-electron chi connectivity index (χ0n) is 10.6. The van der Waals surface area contributed by atoms with Crippen LogP contribution in [0, 0.1) is 5.92 Å². The first kappa shape index (κ1) is 12.2. The Kier molecular flexibility index (Phi) is 4.18. The summed E-state index contributed by atoms with van der Waals surface area (Å²) >= 11 is 0. The first-order valence-electron chi connectivity index (χ1n) is 6.66. The molecular weight excluding hydrogens is 208 g/mol. The fourth-order valence-corrected chi connectivity index (χ4v) is 2.53. The third kappa shape index (κ3) is 3.32. The third-order valence-corrected chi connectivity index (χ3v) is 3.69. The van der Waals surface area contributed by atoms with Gasteiger partial charge in [0.25, 0.3) is 0 Å². The van der Waals surface area contributed by atoms with Gasteiger partial charge in [0.15, 0.2) is 0 Å². The van der Waals surface area contributed by atoms with Gasteiger partial charge in [-0.25, -0.2) is 0 Å². The van der Waals surface area contributed by atoms with Crippen LogP contribution in [0.1, 0.15) is 44.6 Å². The molecular formula is C15H22N2. The minimum atomic E-state index is 0.415. The fourth-order valence-electron chi connectivity index (χ4n) is 2.53. The number of hydrogen-bond acceptors (Lipinski definition) is 1. The predicted molar refractivity (Wildman–Crippen MR) is 73.2 cm³/mol. The van der Waals surface area contributed by atoms with Crippen molar-refractivity contribution in [1.82, 2.24) is 0 Å². The molecule has 1 saturated carbocycles. The number of benzene rings is 1. The second-order valence-electron chi connectivity index (χ2n) is 5.06. The molecule has 0 radical (unpaired) electrons. The number of hydrogen-bond donors (Lipinski definition) is 1. The molecule has 2 nitrogen and oxygen atoms in total. The first-order valence-corrected chi connectivity index (χ1v) is 6.66. The van der Waals surface area contributed by atoms with E-state index in [0.29, 0.717) is 17.8 Å². The number of amidine groups is 1. The molecule has 92 valence electrons. The highest BCUT2D eigenvalue weighted by molar-refractivity contribution is 5.97. The maximum Gasteiger partial charge on any atom is 0.125 e. The van der Waals surface area contributed by atoms with Gasteiger partial charge in [-0.2, -0.15) is 0 Å². The molecule has 2 unspecified atom stereocenters. The summed E-state index contributed by atoms with van der Waals surface area (Å²) in [5.74, 6) is 1.36. The molecule has 1 aromatic rings. The average Bonchev–Trinajstić information content (AvgIpc) is 2.56. The number of nitrogens with two attached hydrogens (primary N) is 1. The molecule has 0 amide bonds. The molecule has 1 aliphatic carbocycles. The smallest absolute Gasteiger partial charge is 0.125 e. The first-order chi connectivity index (χ1) is 8.27. The van der Waals surface area contributed by atoms with Gasteiger partial charge in [-0.05, 0) is 18.8 Å². The van der Waals surface area contributed by atoms with Crippen molar-refractivity contribution in [3.05, 3.63) is 35.9 Å². The summed E-state index contributed by atoms with van der Waals surface area (Å²) < 4.78 is 0. The number of nitrogens with zero attached hydrogens (tertiary/aromatic N) is 1. The van der Waals surface area contributed by atoms with Crippen LogP contribution in [0.25, 0.3) is 0 Å². The Bertz CT molecular complexity index is 370. The Morgan fingerprint density at radius 2 is 1.82 bits per heavy atom. The van der Waals surface area contributed by atoms with Crippen LogP contribution in [0.15, 0.2) is 35.3 Å². The topological polar surface area (TPSA) is 38.4 Å². The molecule has 1 aromatic carbocycles. The van der Waals surface area contributed by atoms with Crippen LogP contribution >= 0.6 is 0 Å². The second-order valence-corrected chi connectivity index (χ2v) is 5.06. The van der Waals surface area contributed by atoms with Crippen molar-refractivity contribution >= 4 is 5.84 Å². The summed E-state index contributed by atoms with van der Waals surface area (Å²) in [5.41, 5.74) is 7.13. The van der Waals surface area contributed by atoms with Crippen molar-refractivity contribution in [2.45, 2.75) is 45.1 Å². The van der Waals surface area contributed by atoms with Crippen molar-refractivity contribution in [1.29, 1.82) is 0 Å². The van der Waals surface area contributed by atoms with Gasteiger partial charge < -0.3 is 5.73 Å². The number of aliphatic imine (C=N–C) groups is 1. The molecule has 0 heterocycles. The summed E-state index contributed by atoms with van der Waals surface area (Å²) in [6.07, 6.45) is 6.46. The lowest BCUT2D eigenvalue weighted by Gasteiger charge is -2.17. The Hall–Kier alpha value is -1.31. The van der Waals surface area contributed by atoms with E-state index in [4.69, 9.17) is 10.7 Å². The largest absolute Gasteiger partial charge is 0.383 e. The van der Waals surface area contributed by atoms with E-state index >= 15 is 0 Å². The highest BCUT2D eigenvalue weighted by Gasteiger charge is 2.19.